The van der Waals surface area contributed by atoms with Gasteiger partial charge in [0.05, 0.1) is 11.4 Å². The van der Waals surface area contributed by atoms with Crippen molar-refractivity contribution in [3.05, 3.63) is 59.1 Å². The van der Waals surface area contributed by atoms with Crippen molar-refractivity contribution in [1.82, 2.24) is 14.4 Å². The second-order valence-corrected chi connectivity index (χ2v) is 8.58. The number of likely N-dealkylation sites (tertiary alicyclic amines) is 1. The van der Waals surface area contributed by atoms with Gasteiger partial charge in [-0.25, -0.2) is 9.59 Å². The number of urea groups is 1. The molecule has 4 rings (SSSR count). The summed E-state index contributed by atoms with van der Waals surface area (Å²) >= 11 is 0. The Morgan fingerprint density at radius 1 is 1.09 bits per heavy atom. The van der Waals surface area contributed by atoms with E-state index in [1.54, 1.807) is 27.7 Å². The van der Waals surface area contributed by atoms with E-state index >= 15 is 0 Å². The molecule has 1 aliphatic rings. The number of carbonyl (C=O) groups excluding carboxylic acids is 2. The molecule has 9 heteroatoms. The number of carbonyl (C=O) groups is 2. The third-order valence-electron chi connectivity index (χ3n) is 5.81. The number of benzene rings is 2. The number of para-hydroxylation sites is 1. The van der Waals surface area contributed by atoms with Gasteiger partial charge in [-0.2, -0.15) is 0 Å². The minimum absolute atomic E-state index is 0.141. The lowest BCUT2D eigenvalue weighted by molar-refractivity contribution is -0.121. The van der Waals surface area contributed by atoms with Gasteiger partial charge in [0.2, 0.25) is 5.91 Å². The van der Waals surface area contributed by atoms with E-state index in [0.717, 1.165) is 12.1 Å². The number of rotatable bonds is 6. The Labute approximate surface area is 192 Å². The van der Waals surface area contributed by atoms with Gasteiger partial charge in [0, 0.05) is 37.6 Å². The molecule has 0 saturated carbocycles. The highest BCUT2D eigenvalue weighted by Crippen LogP contribution is 2.22. The Hall–Kier alpha value is -3.59. The van der Waals surface area contributed by atoms with Crippen molar-refractivity contribution in [2.45, 2.75) is 19.4 Å². The lowest BCUT2D eigenvalue weighted by Crippen LogP contribution is -2.45. The second-order valence-electron chi connectivity index (χ2n) is 8.58. The third kappa shape index (κ3) is 5.43. The zero-order chi connectivity index (χ0) is 23.4. The lowest BCUT2D eigenvalue weighted by Gasteiger charge is -2.32. The van der Waals surface area contributed by atoms with Crippen LogP contribution in [-0.2, 0) is 11.3 Å². The number of hydrogen-bond acceptors (Lipinski definition) is 5. The smallest absolute Gasteiger partial charge is 0.408 e. The summed E-state index contributed by atoms with van der Waals surface area (Å²) in [6.45, 7) is 2.14. The fourth-order valence-corrected chi connectivity index (χ4v) is 4.00. The highest BCUT2D eigenvalue weighted by Gasteiger charge is 2.28. The number of aromatic nitrogens is 1. The average Bonchev–Trinajstić information content (AvgIpc) is 3.12. The van der Waals surface area contributed by atoms with Gasteiger partial charge in [-0.15, -0.1) is 0 Å². The lowest BCUT2D eigenvalue weighted by atomic mass is 9.97. The van der Waals surface area contributed by atoms with Crippen LogP contribution in [0.5, 0.6) is 0 Å². The topological polar surface area (TPSA) is 99.8 Å². The van der Waals surface area contributed by atoms with Crippen molar-refractivity contribution in [2.24, 2.45) is 5.92 Å². The first-order chi connectivity index (χ1) is 15.9. The molecule has 3 amide bonds. The van der Waals surface area contributed by atoms with Crippen LogP contribution < -0.4 is 16.4 Å². The van der Waals surface area contributed by atoms with E-state index in [9.17, 15) is 14.4 Å². The minimum atomic E-state index is -0.414. The first-order valence-electron chi connectivity index (χ1n) is 11.1. The monoisotopic (exact) mass is 451 g/mol. The Bertz CT molecular complexity index is 1180. The molecule has 9 nitrogen and oxygen atoms in total. The Balaban J connectivity index is 1.42. The van der Waals surface area contributed by atoms with Crippen molar-refractivity contribution in [3.63, 3.8) is 0 Å². The van der Waals surface area contributed by atoms with Crippen molar-refractivity contribution in [2.75, 3.05) is 44.4 Å². The number of oxazole rings is 1. The first kappa shape index (κ1) is 22.6. The van der Waals surface area contributed by atoms with Crippen molar-refractivity contribution in [1.29, 1.82) is 0 Å². The van der Waals surface area contributed by atoms with Crippen LogP contribution in [0.1, 0.15) is 12.8 Å². The van der Waals surface area contributed by atoms with Crippen LogP contribution in [0.25, 0.3) is 11.1 Å². The zero-order valence-corrected chi connectivity index (χ0v) is 18.9. The van der Waals surface area contributed by atoms with Crippen LogP contribution in [0, 0.1) is 5.92 Å². The number of likely N-dealkylation sites (N-methyl/N-ethyl adjacent to an activating group) is 1. The average molecular weight is 452 g/mol. The predicted molar refractivity (Wildman–Crippen MR) is 127 cm³/mol. The SMILES string of the molecule is CN(C)CCn1c(=O)oc2ccc(NC(=O)C3CCCN(C(=O)Nc4ccccc4)C3)cc21. The standard InChI is InChI=1S/C24H29N5O4/c1-27(2)13-14-29-20-15-19(10-11-21(20)33-24(29)32)25-22(30)17-7-6-12-28(16-17)23(31)26-18-8-4-3-5-9-18/h3-5,8-11,15,17H,6-7,12-14,16H2,1-2H3,(H,25,30)(H,26,31). The Kier molecular flexibility index (Phi) is 6.79. The molecular weight excluding hydrogens is 422 g/mol. The molecule has 0 radical (unpaired) electrons. The van der Waals surface area contributed by atoms with E-state index in [4.69, 9.17) is 4.42 Å². The first-order valence-corrected chi connectivity index (χ1v) is 11.1. The fraction of sp³-hybridized carbons (Fsp3) is 0.375. The predicted octanol–water partition coefficient (Wildman–Crippen LogP) is 3.04. The number of nitrogens with one attached hydrogen (secondary N) is 2. The van der Waals surface area contributed by atoms with Gasteiger partial charge in [-0.05, 0) is 57.3 Å². The summed E-state index contributed by atoms with van der Waals surface area (Å²) in [5, 5.41) is 5.83. The summed E-state index contributed by atoms with van der Waals surface area (Å²) < 4.78 is 6.89. The molecule has 2 heterocycles. The van der Waals surface area contributed by atoms with E-state index < -0.39 is 5.76 Å². The minimum Gasteiger partial charge on any atom is -0.408 e. The molecule has 1 unspecified atom stereocenters. The summed E-state index contributed by atoms with van der Waals surface area (Å²) in [4.78, 5) is 41.5. The molecule has 3 aromatic rings. The third-order valence-corrected chi connectivity index (χ3v) is 5.81. The van der Waals surface area contributed by atoms with E-state index in [1.807, 2.05) is 49.3 Å². The molecule has 1 aliphatic heterocycles. The van der Waals surface area contributed by atoms with Gasteiger partial charge in [0.25, 0.3) is 0 Å². The number of amides is 3. The van der Waals surface area contributed by atoms with Crippen LogP contribution in [0.4, 0.5) is 16.2 Å². The van der Waals surface area contributed by atoms with Crippen LogP contribution in [0.3, 0.4) is 0 Å². The Morgan fingerprint density at radius 3 is 2.64 bits per heavy atom. The summed E-state index contributed by atoms with van der Waals surface area (Å²) in [6, 6.07) is 14.2. The number of piperidine rings is 1. The highest BCUT2D eigenvalue weighted by atomic mass is 16.4. The molecule has 2 N–H and O–H groups in total. The van der Waals surface area contributed by atoms with Gasteiger partial charge in [-0.3, -0.25) is 9.36 Å². The van der Waals surface area contributed by atoms with Crippen LogP contribution >= 0.6 is 0 Å². The molecule has 0 aliphatic carbocycles. The van der Waals surface area contributed by atoms with Gasteiger partial charge < -0.3 is 24.9 Å². The summed E-state index contributed by atoms with van der Waals surface area (Å²) in [6.07, 6.45) is 1.47. The normalized spacial score (nSPS) is 16.2. The molecule has 0 spiro atoms. The largest absolute Gasteiger partial charge is 0.419 e. The molecule has 1 fully saturated rings. The van der Waals surface area contributed by atoms with Crippen LogP contribution in [-0.4, -0.2) is 60.0 Å². The zero-order valence-electron chi connectivity index (χ0n) is 18.9. The molecule has 1 saturated heterocycles. The maximum Gasteiger partial charge on any atom is 0.419 e. The molecule has 33 heavy (non-hydrogen) atoms. The van der Waals surface area contributed by atoms with Gasteiger partial charge in [0.15, 0.2) is 5.58 Å². The van der Waals surface area contributed by atoms with Crippen LogP contribution in [0.2, 0.25) is 0 Å². The summed E-state index contributed by atoms with van der Waals surface area (Å²) in [5.74, 6) is -0.865. The molecule has 2 aromatic carbocycles. The number of fused-ring (bicyclic) bond motifs is 1. The second kappa shape index (κ2) is 9.91. The quantitative estimate of drug-likeness (QED) is 0.600. The maximum absolute atomic E-state index is 13.0. The van der Waals surface area contributed by atoms with Gasteiger partial charge in [-0.1, -0.05) is 18.2 Å². The van der Waals surface area contributed by atoms with E-state index in [-0.39, 0.29) is 17.9 Å². The highest BCUT2D eigenvalue weighted by molar-refractivity contribution is 5.95. The van der Waals surface area contributed by atoms with Crippen molar-refractivity contribution < 1.29 is 14.0 Å². The fourth-order valence-electron chi connectivity index (χ4n) is 4.00. The molecule has 174 valence electrons. The van der Waals surface area contributed by atoms with Gasteiger partial charge in [0.1, 0.15) is 0 Å². The van der Waals surface area contributed by atoms with Crippen molar-refractivity contribution in [3.8, 4) is 0 Å². The summed E-state index contributed by atoms with van der Waals surface area (Å²) in [5.41, 5.74) is 2.45. The van der Waals surface area contributed by atoms with E-state index in [0.29, 0.717) is 49.4 Å². The van der Waals surface area contributed by atoms with E-state index in [1.165, 1.54) is 0 Å². The maximum atomic E-state index is 13.0. The van der Waals surface area contributed by atoms with Crippen molar-refractivity contribution >= 4 is 34.4 Å². The molecule has 1 atom stereocenters. The molecular formula is C24H29N5O4. The summed E-state index contributed by atoms with van der Waals surface area (Å²) in [7, 11) is 3.87. The number of hydrogen-bond donors (Lipinski definition) is 2. The van der Waals surface area contributed by atoms with Gasteiger partial charge >= 0.3 is 11.8 Å². The molecule has 1 aromatic heterocycles. The Morgan fingerprint density at radius 2 is 1.88 bits per heavy atom. The van der Waals surface area contributed by atoms with Crippen LogP contribution in [0.15, 0.2) is 57.7 Å². The van der Waals surface area contributed by atoms with E-state index in [2.05, 4.69) is 10.6 Å². The number of anilines is 2. The molecule has 0 bridgehead atoms. The number of nitrogens with zero attached hydrogens (tertiary/aromatic N) is 3.